The predicted molar refractivity (Wildman–Crippen MR) is 42.9 cm³/mol. The van der Waals surface area contributed by atoms with E-state index in [0.29, 0.717) is 0 Å². The zero-order chi connectivity index (χ0) is 11.6. The molecule has 0 spiro atoms. The number of hydrogen-bond donors (Lipinski definition) is 1. The van der Waals surface area contributed by atoms with E-state index in [1.807, 2.05) is 0 Å². The topological polar surface area (TPSA) is 59.4 Å². The van der Waals surface area contributed by atoms with E-state index in [4.69, 9.17) is 16.7 Å². The first kappa shape index (κ1) is 11.6. The Morgan fingerprint density at radius 3 is 2.53 bits per heavy atom. The van der Waals surface area contributed by atoms with Gasteiger partial charge in [-0.1, -0.05) is 11.6 Å². The molecule has 1 N–H and O–H groups in total. The molecule has 0 aliphatic heterocycles. The van der Waals surface area contributed by atoms with E-state index in [1.54, 1.807) is 0 Å². The maximum absolute atomic E-state index is 11.7. The molecule has 0 amide bonds. The number of aromatic nitrogens is 1. The summed E-state index contributed by atoms with van der Waals surface area (Å²) in [5.74, 6) is -2.41. The Bertz CT molecular complexity index is 394. The van der Waals surface area contributed by atoms with E-state index in [9.17, 15) is 18.0 Å². The van der Waals surface area contributed by atoms with Gasteiger partial charge in [-0.25, -0.2) is 9.78 Å². The molecule has 8 heteroatoms. The fourth-order valence-corrected chi connectivity index (χ4v) is 0.936. The number of carbonyl (C=O) groups is 1. The molecular formula is C7H3ClF3NO3. The molecule has 0 saturated heterocycles. The van der Waals surface area contributed by atoms with Gasteiger partial charge in [0, 0.05) is 6.07 Å². The summed E-state index contributed by atoms with van der Waals surface area (Å²) in [7, 11) is 0. The Labute approximate surface area is 86.3 Å². The molecule has 0 bridgehead atoms. The van der Waals surface area contributed by atoms with Crippen molar-refractivity contribution in [2.75, 3.05) is 0 Å². The highest BCUT2D eigenvalue weighted by atomic mass is 35.5. The highest BCUT2D eigenvalue weighted by molar-refractivity contribution is 6.33. The van der Waals surface area contributed by atoms with Gasteiger partial charge in [0.15, 0.2) is 5.69 Å². The molecule has 82 valence electrons. The van der Waals surface area contributed by atoms with E-state index >= 15 is 0 Å². The monoisotopic (exact) mass is 241 g/mol. The van der Waals surface area contributed by atoms with E-state index in [-0.39, 0.29) is 5.02 Å². The Balaban J connectivity index is 3.03. The van der Waals surface area contributed by atoms with Crippen LogP contribution in [0.4, 0.5) is 13.2 Å². The van der Waals surface area contributed by atoms with Crippen LogP contribution >= 0.6 is 11.6 Å². The summed E-state index contributed by atoms with van der Waals surface area (Å²) >= 11 is 5.38. The molecule has 0 radical (unpaired) electrons. The number of halogens is 4. The van der Waals surface area contributed by atoms with Crippen molar-refractivity contribution in [1.82, 2.24) is 4.98 Å². The summed E-state index contributed by atoms with van der Waals surface area (Å²) in [6.45, 7) is 0. The van der Waals surface area contributed by atoms with Gasteiger partial charge in [0.25, 0.3) is 0 Å². The lowest BCUT2D eigenvalue weighted by atomic mass is 10.3. The molecule has 0 aliphatic rings. The Kier molecular flexibility index (Phi) is 3.04. The van der Waals surface area contributed by atoms with Gasteiger partial charge in [-0.3, -0.25) is 0 Å². The summed E-state index contributed by atoms with van der Waals surface area (Å²) in [4.78, 5) is 13.5. The molecule has 1 rings (SSSR count). The van der Waals surface area contributed by atoms with Crippen molar-refractivity contribution in [3.05, 3.63) is 22.8 Å². The minimum Gasteiger partial charge on any atom is -0.476 e. The van der Waals surface area contributed by atoms with Crippen LogP contribution in [-0.2, 0) is 0 Å². The fraction of sp³-hybridized carbons (Fsp3) is 0.143. The van der Waals surface area contributed by atoms with Gasteiger partial charge in [0.05, 0.1) is 5.02 Å². The molecule has 15 heavy (non-hydrogen) atoms. The summed E-state index contributed by atoms with van der Waals surface area (Å²) in [6.07, 6.45) is -4.92. The smallest absolute Gasteiger partial charge is 0.476 e. The third-order valence-corrected chi connectivity index (χ3v) is 1.55. The van der Waals surface area contributed by atoms with Crippen LogP contribution in [0, 0.1) is 0 Å². The summed E-state index contributed by atoms with van der Waals surface area (Å²) in [5, 5.41) is 8.24. The highest BCUT2D eigenvalue weighted by Crippen LogP contribution is 2.23. The molecular weight excluding hydrogens is 239 g/mol. The number of rotatable bonds is 2. The average Bonchev–Trinajstić information content (AvgIpc) is 2.05. The van der Waals surface area contributed by atoms with Crippen LogP contribution in [0.1, 0.15) is 10.5 Å². The van der Waals surface area contributed by atoms with Gasteiger partial charge in [0.2, 0.25) is 5.88 Å². The Morgan fingerprint density at radius 2 is 2.07 bits per heavy atom. The maximum atomic E-state index is 11.7. The first-order chi connectivity index (χ1) is 6.79. The lowest BCUT2D eigenvalue weighted by molar-refractivity contribution is -0.276. The quantitative estimate of drug-likeness (QED) is 0.863. The van der Waals surface area contributed by atoms with Gasteiger partial charge in [-0.2, -0.15) is 0 Å². The van der Waals surface area contributed by atoms with Crippen molar-refractivity contribution in [3.63, 3.8) is 0 Å². The Morgan fingerprint density at radius 1 is 1.47 bits per heavy atom. The van der Waals surface area contributed by atoms with E-state index in [0.717, 1.165) is 12.1 Å². The number of aromatic carboxylic acids is 1. The largest absolute Gasteiger partial charge is 0.574 e. The number of alkyl halides is 3. The second-order valence-corrected chi connectivity index (χ2v) is 2.74. The molecule has 0 unspecified atom stereocenters. The maximum Gasteiger partial charge on any atom is 0.574 e. The Hall–Kier alpha value is -1.50. The highest BCUT2D eigenvalue weighted by Gasteiger charge is 2.32. The second-order valence-electron chi connectivity index (χ2n) is 2.33. The molecule has 1 aromatic heterocycles. The van der Waals surface area contributed by atoms with Crippen LogP contribution in [-0.4, -0.2) is 22.4 Å². The van der Waals surface area contributed by atoms with Crippen LogP contribution in [0.3, 0.4) is 0 Å². The lowest BCUT2D eigenvalue weighted by Gasteiger charge is -2.08. The van der Waals surface area contributed by atoms with Crippen LogP contribution in [0.25, 0.3) is 0 Å². The van der Waals surface area contributed by atoms with Crippen molar-refractivity contribution in [3.8, 4) is 5.88 Å². The number of ether oxygens (including phenoxy) is 1. The zero-order valence-corrected chi connectivity index (χ0v) is 7.63. The summed E-state index contributed by atoms with van der Waals surface area (Å²) in [5.41, 5.74) is -0.696. The van der Waals surface area contributed by atoms with Crippen LogP contribution < -0.4 is 4.74 Å². The first-order valence-electron chi connectivity index (χ1n) is 3.45. The number of pyridine rings is 1. The first-order valence-corrected chi connectivity index (χ1v) is 3.83. The van der Waals surface area contributed by atoms with Crippen LogP contribution in [0.2, 0.25) is 5.02 Å². The van der Waals surface area contributed by atoms with Crippen LogP contribution in [0.15, 0.2) is 12.1 Å². The van der Waals surface area contributed by atoms with E-state index in [1.165, 1.54) is 0 Å². The van der Waals surface area contributed by atoms with Gasteiger partial charge >= 0.3 is 12.3 Å². The molecule has 1 heterocycles. The standard InChI is InChI=1S/C7H3ClF3NO3/c8-3-1-2-4(15-7(9,10)11)12-5(3)6(13)14/h1-2H,(H,13,14). The second kappa shape index (κ2) is 3.93. The molecule has 4 nitrogen and oxygen atoms in total. The van der Waals surface area contributed by atoms with Crippen molar-refractivity contribution < 1.29 is 27.8 Å². The van der Waals surface area contributed by atoms with Crippen LogP contribution in [0.5, 0.6) is 5.88 Å². The van der Waals surface area contributed by atoms with Gasteiger partial charge in [-0.05, 0) is 6.07 Å². The molecule has 0 aromatic carbocycles. The lowest BCUT2D eigenvalue weighted by Crippen LogP contribution is -2.18. The molecule has 0 aliphatic carbocycles. The van der Waals surface area contributed by atoms with Crippen molar-refractivity contribution >= 4 is 17.6 Å². The third-order valence-electron chi connectivity index (χ3n) is 1.24. The summed E-state index contributed by atoms with van der Waals surface area (Å²) in [6, 6.07) is 1.78. The van der Waals surface area contributed by atoms with Crippen molar-refractivity contribution in [1.29, 1.82) is 0 Å². The molecule has 0 saturated carbocycles. The number of carboxylic acid groups (broad SMARTS) is 1. The normalized spacial score (nSPS) is 11.2. The average molecular weight is 242 g/mol. The third kappa shape index (κ3) is 3.28. The summed E-state index contributed by atoms with van der Waals surface area (Å²) < 4.78 is 38.6. The van der Waals surface area contributed by atoms with Crippen molar-refractivity contribution in [2.45, 2.75) is 6.36 Å². The van der Waals surface area contributed by atoms with Crippen molar-refractivity contribution in [2.24, 2.45) is 0 Å². The van der Waals surface area contributed by atoms with Gasteiger partial charge in [-0.15, -0.1) is 13.2 Å². The minimum absolute atomic E-state index is 0.267. The number of nitrogens with zero attached hydrogens (tertiary/aromatic N) is 1. The number of carboxylic acids is 1. The van der Waals surface area contributed by atoms with Gasteiger partial charge in [0.1, 0.15) is 0 Å². The SMILES string of the molecule is O=C(O)c1nc(OC(F)(F)F)ccc1Cl. The zero-order valence-electron chi connectivity index (χ0n) is 6.88. The predicted octanol–water partition coefficient (Wildman–Crippen LogP) is 2.33. The van der Waals surface area contributed by atoms with Gasteiger partial charge < -0.3 is 9.84 Å². The van der Waals surface area contributed by atoms with E-state index in [2.05, 4.69) is 9.72 Å². The fourth-order valence-electron chi connectivity index (χ4n) is 0.750. The molecule has 0 atom stereocenters. The van der Waals surface area contributed by atoms with E-state index < -0.39 is 23.9 Å². The molecule has 1 aromatic rings. The molecule has 0 fully saturated rings. The number of hydrogen-bond acceptors (Lipinski definition) is 3. The minimum atomic E-state index is -4.92.